The first-order valence-corrected chi connectivity index (χ1v) is 8.87. The van der Waals surface area contributed by atoms with Gasteiger partial charge in [0.1, 0.15) is 29.1 Å². The molecule has 3 heterocycles. The van der Waals surface area contributed by atoms with E-state index in [1.807, 2.05) is 36.9 Å². The smallest absolute Gasteiger partial charge is 0.228 e. The molecule has 2 aromatic heterocycles. The largest absolute Gasteiger partial charge is 0.508 e. The molecular formula is C20H22N4O3. The molecule has 0 fully saturated rings. The van der Waals surface area contributed by atoms with Crippen molar-refractivity contribution in [2.45, 2.75) is 18.9 Å². The van der Waals surface area contributed by atoms with Crippen LogP contribution >= 0.6 is 0 Å². The Morgan fingerprint density at radius 3 is 2.89 bits per heavy atom. The van der Waals surface area contributed by atoms with Gasteiger partial charge in [-0.15, -0.1) is 0 Å². The fourth-order valence-corrected chi connectivity index (χ4v) is 3.43. The maximum atomic E-state index is 9.82. The van der Waals surface area contributed by atoms with Crippen LogP contribution in [-0.2, 0) is 6.54 Å². The minimum atomic E-state index is -0.305. The molecule has 0 radical (unpaired) electrons. The number of phenolic OH excluding ortho intramolecular Hbond substituents is 1. The molecule has 0 saturated heterocycles. The predicted molar refractivity (Wildman–Crippen MR) is 99.1 cm³/mol. The van der Waals surface area contributed by atoms with Crippen molar-refractivity contribution >= 4 is 0 Å². The van der Waals surface area contributed by atoms with Crippen molar-refractivity contribution in [2.75, 3.05) is 20.6 Å². The number of benzene rings is 1. The van der Waals surface area contributed by atoms with Gasteiger partial charge in [0.2, 0.25) is 5.88 Å². The van der Waals surface area contributed by atoms with E-state index in [0.29, 0.717) is 35.0 Å². The third kappa shape index (κ3) is 3.21. The van der Waals surface area contributed by atoms with Crippen molar-refractivity contribution in [3.8, 4) is 17.4 Å². The van der Waals surface area contributed by atoms with Gasteiger partial charge in [0.05, 0.1) is 17.7 Å². The van der Waals surface area contributed by atoms with E-state index in [4.69, 9.17) is 14.6 Å². The van der Waals surface area contributed by atoms with Crippen LogP contribution in [0.25, 0.3) is 0 Å². The Labute approximate surface area is 157 Å². The molecule has 0 amide bonds. The number of furan rings is 1. The summed E-state index contributed by atoms with van der Waals surface area (Å²) in [4.78, 5) is 6.57. The van der Waals surface area contributed by atoms with Crippen molar-refractivity contribution in [3.05, 3.63) is 65.3 Å². The van der Waals surface area contributed by atoms with Crippen LogP contribution in [0.3, 0.4) is 0 Å². The quantitative estimate of drug-likeness (QED) is 0.567. The van der Waals surface area contributed by atoms with Crippen LogP contribution in [0.1, 0.15) is 29.2 Å². The molecule has 27 heavy (non-hydrogen) atoms. The Hall–Kier alpha value is -3.06. The Kier molecular flexibility index (Phi) is 4.45. The topological polar surface area (TPSA) is 87.5 Å². The van der Waals surface area contributed by atoms with E-state index in [-0.39, 0.29) is 11.7 Å². The Bertz CT molecular complexity index is 1010. The van der Waals surface area contributed by atoms with Crippen molar-refractivity contribution in [3.63, 3.8) is 0 Å². The molecule has 4 rings (SSSR count). The van der Waals surface area contributed by atoms with Gasteiger partial charge in [-0.05, 0) is 45.3 Å². The summed E-state index contributed by atoms with van der Waals surface area (Å²) >= 11 is 0. The first kappa shape index (κ1) is 17.4. The maximum absolute atomic E-state index is 9.82. The molecule has 0 spiro atoms. The number of ether oxygens (including phenoxy) is 1. The molecule has 0 aliphatic carbocycles. The number of hydrogen-bond acceptors (Lipinski definition) is 6. The number of hydrogen-bond donors (Lipinski definition) is 2. The van der Waals surface area contributed by atoms with Gasteiger partial charge in [-0.25, -0.2) is 4.98 Å². The number of aromatic hydroxyl groups is 1. The lowest BCUT2D eigenvalue weighted by molar-refractivity contribution is 0.376. The third-order valence-electron chi connectivity index (χ3n) is 4.72. The molecule has 1 aliphatic heterocycles. The lowest BCUT2D eigenvalue weighted by atomic mass is 9.87. The lowest BCUT2D eigenvalue weighted by Gasteiger charge is -2.27. The van der Waals surface area contributed by atoms with E-state index in [9.17, 15) is 5.11 Å². The van der Waals surface area contributed by atoms with Crippen LogP contribution in [0.4, 0.5) is 0 Å². The number of aromatic nitrogens is 2. The highest BCUT2D eigenvalue weighted by Gasteiger charge is 2.33. The van der Waals surface area contributed by atoms with Crippen LogP contribution in [0.2, 0.25) is 0 Å². The van der Waals surface area contributed by atoms with Gasteiger partial charge in [-0.3, -0.25) is 5.41 Å². The number of nitrogens with zero attached hydrogens (tertiary/aromatic N) is 3. The monoisotopic (exact) mass is 366 g/mol. The second-order valence-corrected chi connectivity index (χ2v) is 6.93. The van der Waals surface area contributed by atoms with Gasteiger partial charge in [-0.2, -0.15) is 0 Å². The summed E-state index contributed by atoms with van der Waals surface area (Å²) in [5.41, 5.74) is 1.88. The molecule has 1 atom stereocenters. The van der Waals surface area contributed by atoms with E-state index in [1.54, 1.807) is 24.7 Å². The van der Waals surface area contributed by atoms with Crippen molar-refractivity contribution in [2.24, 2.45) is 0 Å². The van der Waals surface area contributed by atoms with E-state index in [0.717, 1.165) is 18.5 Å². The molecule has 7 heteroatoms. The fourth-order valence-electron chi connectivity index (χ4n) is 3.43. The van der Waals surface area contributed by atoms with Gasteiger partial charge in [0.25, 0.3) is 0 Å². The second-order valence-electron chi connectivity index (χ2n) is 6.93. The highest BCUT2D eigenvalue weighted by molar-refractivity contribution is 5.55. The van der Waals surface area contributed by atoms with Crippen LogP contribution in [0.15, 0.2) is 47.3 Å². The van der Waals surface area contributed by atoms with E-state index < -0.39 is 0 Å². The zero-order chi connectivity index (χ0) is 19.0. The summed E-state index contributed by atoms with van der Waals surface area (Å²) in [6.07, 6.45) is 4.18. The van der Waals surface area contributed by atoms with E-state index >= 15 is 0 Å². The number of rotatable bonds is 5. The SMILES string of the molecule is CN(C)CCCn1cnc2c(c1=N)[C@@H](c1ccco1)c1ccc(O)cc1O2. The van der Waals surface area contributed by atoms with Crippen LogP contribution in [0.5, 0.6) is 17.4 Å². The van der Waals surface area contributed by atoms with E-state index in [2.05, 4.69) is 9.88 Å². The summed E-state index contributed by atoms with van der Waals surface area (Å²) < 4.78 is 13.4. The fraction of sp³-hybridized carbons (Fsp3) is 0.300. The lowest BCUT2D eigenvalue weighted by Crippen LogP contribution is -2.30. The average molecular weight is 366 g/mol. The summed E-state index contributed by atoms with van der Waals surface area (Å²) in [6, 6.07) is 8.71. The number of fused-ring (bicyclic) bond motifs is 2. The Morgan fingerprint density at radius 1 is 1.30 bits per heavy atom. The van der Waals surface area contributed by atoms with Crippen LogP contribution in [-0.4, -0.2) is 40.2 Å². The van der Waals surface area contributed by atoms with Gasteiger partial charge < -0.3 is 23.7 Å². The van der Waals surface area contributed by atoms with Crippen molar-refractivity contribution in [1.82, 2.24) is 14.5 Å². The Morgan fingerprint density at radius 2 is 2.15 bits per heavy atom. The third-order valence-corrected chi connectivity index (χ3v) is 4.72. The summed E-state index contributed by atoms with van der Waals surface area (Å²) in [5, 5.41) is 18.6. The first-order chi connectivity index (χ1) is 13.0. The highest BCUT2D eigenvalue weighted by Crippen LogP contribution is 2.45. The molecule has 1 aliphatic rings. The predicted octanol–water partition coefficient (Wildman–Crippen LogP) is 2.90. The van der Waals surface area contributed by atoms with Crippen LogP contribution < -0.4 is 10.2 Å². The standard InChI is InChI=1S/C20H22N4O3/c1-23(2)8-4-9-24-12-22-20-18(19(24)21)17(15-5-3-10-26-15)14-7-6-13(25)11-16(14)27-20/h3,5-7,10-12,17,21,25H,4,8-9H2,1-2H3/t17-/m1/s1. The molecule has 1 aromatic carbocycles. The molecular weight excluding hydrogens is 344 g/mol. The van der Waals surface area contributed by atoms with Gasteiger partial charge >= 0.3 is 0 Å². The highest BCUT2D eigenvalue weighted by atomic mass is 16.5. The second kappa shape index (κ2) is 6.92. The molecule has 2 N–H and O–H groups in total. The molecule has 140 valence electrons. The zero-order valence-corrected chi connectivity index (χ0v) is 15.3. The normalized spacial score (nSPS) is 15.3. The minimum absolute atomic E-state index is 0.121. The van der Waals surface area contributed by atoms with E-state index in [1.165, 1.54) is 0 Å². The zero-order valence-electron chi connectivity index (χ0n) is 15.3. The number of aryl methyl sites for hydroxylation is 1. The molecule has 7 nitrogen and oxygen atoms in total. The maximum Gasteiger partial charge on any atom is 0.228 e. The molecule has 3 aromatic rings. The molecule has 0 unspecified atom stereocenters. The number of phenols is 1. The summed E-state index contributed by atoms with van der Waals surface area (Å²) in [5.74, 6) is 1.44. The minimum Gasteiger partial charge on any atom is -0.508 e. The van der Waals surface area contributed by atoms with Crippen molar-refractivity contribution in [1.29, 1.82) is 5.41 Å². The Balaban J connectivity index is 1.81. The summed E-state index contributed by atoms with van der Waals surface area (Å²) in [7, 11) is 4.06. The van der Waals surface area contributed by atoms with Gasteiger partial charge in [-0.1, -0.05) is 6.07 Å². The first-order valence-electron chi connectivity index (χ1n) is 8.87. The molecule has 0 saturated carbocycles. The van der Waals surface area contributed by atoms with Crippen LogP contribution in [0, 0.1) is 5.41 Å². The summed E-state index contributed by atoms with van der Waals surface area (Å²) in [6.45, 7) is 1.63. The van der Waals surface area contributed by atoms with Gasteiger partial charge in [0, 0.05) is 18.2 Å². The van der Waals surface area contributed by atoms with Gasteiger partial charge in [0.15, 0.2) is 0 Å². The number of nitrogens with one attached hydrogen (secondary N) is 1. The molecule has 0 bridgehead atoms. The average Bonchev–Trinajstić information content (AvgIpc) is 3.16. The van der Waals surface area contributed by atoms with Crippen molar-refractivity contribution < 1.29 is 14.3 Å².